The van der Waals surface area contributed by atoms with Crippen LogP contribution in [0.25, 0.3) is 0 Å². The molecule has 0 aromatic carbocycles. The zero-order valence-electron chi connectivity index (χ0n) is 14.2. The fourth-order valence-corrected chi connectivity index (χ4v) is 5.20. The lowest BCUT2D eigenvalue weighted by Gasteiger charge is -2.32. The first kappa shape index (κ1) is 15.4. The van der Waals surface area contributed by atoms with Crippen LogP contribution >= 0.6 is 0 Å². The fourth-order valence-electron chi connectivity index (χ4n) is 5.20. The van der Waals surface area contributed by atoms with Crippen molar-refractivity contribution in [2.45, 2.75) is 63.8 Å². The van der Waals surface area contributed by atoms with Gasteiger partial charge in [0, 0.05) is 56.2 Å². The largest absolute Gasteiger partial charge is 0.381 e. The highest BCUT2D eigenvalue weighted by atomic mass is 16.5. The minimum absolute atomic E-state index is 0.540. The van der Waals surface area contributed by atoms with E-state index < -0.39 is 0 Å². The Balaban J connectivity index is 1.24. The van der Waals surface area contributed by atoms with E-state index in [1.165, 1.54) is 45.3 Å². The van der Waals surface area contributed by atoms with E-state index in [-0.39, 0.29) is 0 Å². The molecule has 0 aromatic rings. The van der Waals surface area contributed by atoms with Gasteiger partial charge in [-0.05, 0) is 39.5 Å². The lowest BCUT2D eigenvalue weighted by Crippen LogP contribution is -2.40. The fraction of sp³-hybridized carbons (Fsp3) is 1.00. The van der Waals surface area contributed by atoms with Gasteiger partial charge in [-0.15, -0.1) is 0 Å². The molecule has 0 amide bonds. The summed E-state index contributed by atoms with van der Waals surface area (Å²) in [5, 5.41) is 0. The average molecular weight is 308 g/mol. The Labute approximate surface area is 135 Å². The Morgan fingerprint density at radius 2 is 1.73 bits per heavy atom. The Morgan fingerprint density at radius 1 is 1.00 bits per heavy atom. The topological polar surface area (TPSA) is 24.9 Å². The number of hydrogen-bond acceptors (Lipinski definition) is 4. The first-order valence-electron chi connectivity index (χ1n) is 9.41. The highest BCUT2D eigenvalue weighted by molar-refractivity contribution is 4.94. The van der Waals surface area contributed by atoms with Gasteiger partial charge in [0.2, 0.25) is 0 Å². The summed E-state index contributed by atoms with van der Waals surface area (Å²) in [6.07, 6.45) is 5.70. The van der Waals surface area contributed by atoms with Crippen molar-refractivity contribution in [3.63, 3.8) is 0 Å². The number of likely N-dealkylation sites (tertiary alicyclic amines) is 2. The summed E-state index contributed by atoms with van der Waals surface area (Å²) in [4.78, 5) is 5.45. The smallest absolute Gasteiger partial charge is 0.0743 e. The molecule has 0 aromatic heterocycles. The lowest BCUT2D eigenvalue weighted by molar-refractivity contribution is 0.0977. The quantitative estimate of drug-likeness (QED) is 0.775. The predicted octanol–water partition coefficient (Wildman–Crippen LogP) is 1.98. The van der Waals surface area contributed by atoms with Crippen molar-refractivity contribution in [3.05, 3.63) is 0 Å². The lowest BCUT2D eigenvalue weighted by atomic mass is 10.0. The van der Waals surface area contributed by atoms with Crippen LogP contribution in [0.3, 0.4) is 0 Å². The van der Waals surface area contributed by atoms with E-state index in [1.54, 1.807) is 0 Å². The second-order valence-corrected chi connectivity index (χ2v) is 8.08. The first-order chi connectivity index (χ1) is 10.7. The SMILES string of the molecule is CC(CCC(C)N1CCC2OCCC21)N1CC2COCC2C1. The molecular weight excluding hydrogens is 276 g/mol. The zero-order chi connectivity index (χ0) is 15.1. The summed E-state index contributed by atoms with van der Waals surface area (Å²) in [6.45, 7) is 11.6. The Hall–Kier alpha value is -0.160. The molecule has 0 saturated carbocycles. The van der Waals surface area contributed by atoms with Gasteiger partial charge >= 0.3 is 0 Å². The minimum atomic E-state index is 0.540. The molecule has 0 radical (unpaired) electrons. The minimum Gasteiger partial charge on any atom is -0.381 e. The summed E-state index contributed by atoms with van der Waals surface area (Å²) in [6, 6.07) is 2.16. The second-order valence-electron chi connectivity index (χ2n) is 8.08. The van der Waals surface area contributed by atoms with Gasteiger partial charge in [0.05, 0.1) is 19.3 Å². The molecule has 4 fully saturated rings. The molecule has 4 heterocycles. The molecule has 6 atom stereocenters. The molecule has 4 nitrogen and oxygen atoms in total. The molecule has 0 bridgehead atoms. The summed E-state index contributed by atoms with van der Waals surface area (Å²) >= 11 is 0. The zero-order valence-corrected chi connectivity index (χ0v) is 14.2. The molecule has 0 N–H and O–H groups in total. The third-order valence-electron chi connectivity index (χ3n) is 6.73. The third-order valence-corrected chi connectivity index (χ3v) is 6.73. The summed E-state index contributed by atoms with van der Waals surface area (Å²) in [5.41, 5.74) is 0. The summed E-state index contributed by atoms with van der Waals surface area (Å²) in [7, 11) is 0. The molecule has 4 aliphatic heterocycles. The van der Waals surface area contributed by atoms with E-state index in [1.807, 2.05) is 0 Å². The van der Waals surface area contributed by atoms with E-state index >= 15 is 0 Å². The monoisotopic (exact) mass is 308 g/mol. The van der Waals surface area contributed by atoms with Crippen LogP contribution in [0.5, 0.6) is 0 Å². The van der Waals surface area contributed by atoms with Gasteiger partial charge in [0.25, 0.3) is 0 Å². The first-order valence-corrected chi connectivity index (χ1v) is 9.41. The highest BCUT2D eigenvalue weighted by Gasteiger charge is 2.41. The van der Waals surface area contributed by atoms with Crippen LogP contribution in [0.2, 0.25) is 0 Å². The van der Waals surface area contributed by atoms with Crippen LogP contribution in [0.4, 0.5) is 0 Å². The van der Waals surface area contributed by atoms with E-state index in [0.29, 0.717) is 18.2 Å². The standard InChI is InChI=1S/C18H32N2O2/c1-13(19-9-15-11-21-12-16(15)10-19)3-4-14(2)20-7-5-18-17(20)6-8-22-18/h13-18H,3-12H2,1-2H3. The van der Waals surface area contributed by atoms with E-state index in [9.17, 15) is 0 Å². The molecule has 4 saturated heterocycles. The van der Waals surface area contributed by atoms with Crippen LogP contribution in [-0.2, 0) is 9.47 Å². The van der Waals surface area contributed by atoms with Crippen LogP contribution < -0.4 is 0 Å². The van der Waals surface area contributed by atoms with Gasteiger partial charge in [-0.3, -0.25) is 9.80 Å². The van der Waals surface area contributed by atoms with Gasteiger partial charge < -0.3 is 9.47 Å². The molecular formula is C18H32N2O2. The number of fused-ring (bicyclic) bond motifs is 2. The summed E-state index contributed by atoms with van der Waals surface area (Å²) in [5.74, 6) is 1.63. The molecule has 4 aliphatic rings. The second kappa shape index (κ2) is 6.39. The van der Waals surface area contributed by atoms with Crippen molar-refractivity contribution in [2.75, 3.05) is 39.5 Å². The van der Waals surface area contributed by atoms with E-state index in [4.69, 9.17) is 9.47 Å². The van der Waals surface area contributed by atoms with E-state index in [0.717, 1.165) is 37.7 Å². The van der Waals surface area contributed by atoms with Gasteiger partial charge in [-0.2, -0.15) is 0 Å². The molecule has 126 valence electrons. The predicted molar refractivity (Wildman–Crippen MR) is 87.0 cm³/mol. The highest BCUT2D eigenvalue weighted by Crippen LogP contribution is 2.33. The van der Waals surface area contributed by atoms with Crippen LogP contribution in [-0.4, -0.2) is 73.5 Å². The summed E-state index contributed by atoms with van der Waals surface area (Å²) < 4.78 is 11.4. The molecule has 0 aliphatic carbocycles. The van der Waals surface area contributed by atoms with Crippen LogP contribution in [0.1, 0.15) is 39.5 Å². The molecule has 4 heteroatoms. The van der Waals surface area contributed by atoms with Crippen molar-refractivity contribution >= 4 is 0 Å². The molecule has 4 rings (SSSR count). The van der Waals surface area contributed by atoms with Crippen molar-refractivity contribution in [1.29, 1.82) is 0 Å². The molecule has 22 heavy (non-hydrogen) atoms. The van der Waals surface area contributed by atoms with Crippen molar-refractivity contribution in [3.8, 4) is 0 Å². The molecule has 6 unspecified atom stereocenters. The van der Waals surface area contributed by atoms with Crippen LogP contribution in [0.15, 0.2) is 0 Å². The van der Waals surface area contributed by atoms with Crippen molar-refractivity contribution < 1.29 is 9.47 Å². The van der Waals surface area contributed by atoms with Gasteiger partial charge in [0.1, 0.15) is 0 Å². The maximum absolute atomic E-state index is 5.84. The Morgan fingerprint density at radius 3 is 2.50 bits per heavy atom. The molecule has 0 spiro atoms. The van der Waals surface area contributed by atoms with Crippen molar-refractivity contribution in [2.24, 2.45) is 11.8 Å². The van der Waals surface area contributed by atoms with Crippen LogP contribution in [0, 0.1) is 11.8 Å². The number of rotatable bonds is 5. The van der Waals surface area contributed by atoms with Crippen molar-refractivity contribution in [1.82, 2.24) is 9.80 Å². The van der Waals surface area contributed by atoms with E-state index in [2.05, 4.69) is 23.6 Å². The number of ether oxygens (including phenoxy) is 2. The number of nitrogens with zero attached hydrogens (tertiary/aromatic N) is 2. The maximum atomic E-state index is 5.84. The normalized spacial score (nSPS) is 41.7. The third kappa shape index (κ3) is 2.83. The van der Waals surface area contributed by atoms with Gasteiger partial charge in [-0.1, -0.05) is 0 Å². The maximum Gasteiger partial charge on any atom is 0.0743 e. The average Bonchev–Trinajstić information content (AvgIpc) is 3.21. The van der Waals surface area contributed by atoms with Gasteiger partial charge in [0.15, 0.2) is 0 Å². The Bertz CT molecular complexity index is 379. The number of hydrogen-bond donors (Lipinski definition) is 0. The Kier molecular flexibility index (Phi) is 4.46. The van der Waals surface area contributed by atoms with Gasteiger partial charge in [-0.25, -0.2) is 0 Å².